The number of carbonyl (C=O) groups excluding carboxylic acids is 1. The van der Waals surface area contributed by atoms with Crippen molar-refractivity contribution in [2.75, 3.05) is 0 Å². The predicted octanol–water partition coefficient (Wildman–Crippen LogP) is 2.00. The van der Waals surface area contributed by atoms with Gasteiger partial charge in [0.1, 0.15) is 5.75 Å². The second-order valence-electron chi connectivity index (χ2n) is 3.74. The number of carbonyl (C=O) groups is 1. The molecule has 0 heterocycles. The van der Waals surface area contributed by atoms with Gasteiger partial charge < -0.3 is 10.4 Å². The van der Waals surface area contributed by atoms with Crippen LogP contribution in [0.25, 0.3) is 0 Å². The van der Waals surface area contributed by atoms with E-state index in [9.17, 15) is 18.0 Å². The molecule has 1 aromatic carbocycles. The van der Waals surface area contributed by atoms with Gasteiger partial charge in [-0.1, -0.05) is 12.1 Å². The second-order valence-corrected chi connectivity index (χ2v) is 3.74. The second kappa shape index (κ2) is 5.07. The van der Waals surface area contributed by atoms with E-state index in [1.165, 1.54) is 19.1 Å². The number of phenolic OH excluding ortho intramolecular Hbond substituents is 1. The van der Waals surface area contributed by atoms with E-state index in [0.29, 0.717) is 0 Å². The number of amides is 1. The Hall–Kier alpha value is -1.72. The SMILES string of the molecule is C[C@H](Cc1ccc(O)cc1)NC(=O)C(F)(F)F. The smallest absolute Gasteiger partial charge is 0.471 e. The molecule has 0 aliphatic carbocycles. The topological polar surface area (TPSA) is 49.3 Å². The van der Waals surface area contributed by atoms with Gasteiger partial charge in [-0.05, 0) is 31.0 Å². The molecule has 17 heavy (non-hydrogen) atoms. The number of phenols is 1. The highest BCUT2D eigenvalue weighted by molar-refractivity contribution is 5.81. The van der Waals surface area contributed by atoms with E-state index in [4.69, 9.17) is 5.11 Å². The van der Waals surface area contributed by atoms with E-state index in [0.717, 1.165) is 5.56 Å². The number of halogens is 3. The molecule has 1 amide bonds. The summed E-state index contributed by atoms with van der Waals surface area (Å²) >= 11 is 0. The van der Waals surface area contributed by atoms with Gasteiger partial charge in [0.15, 0.2) is 0 Å². The highest BCUT2D eigenvalue weighted by atomic mass is 19.4. The fourth-order valence-corrected chi connectivity index (χ4v) is 1.34. The summed E-state index contributed by atoms with van der Waals surface area (Å²) in [6, 6.07) is 5.42. The molecule has 3 nitrogen and oxygen atoms in total. The van der Waals surface area contributed by atoms with Crippen molar-refractivity contribution < 1.29 is 23.1 Å². The third-order valence-corrected chi connectivity index (χ3v) is 2.11. The molecule has 1 aromatic rings. The van der Waals surface area contributed by atoms with E-state index in [-0.39, 0.29) is 12.2 Å². The summed E-state index contributed by atoms with van der Waals surface area (Å²) < 4.78 is 35.9. The summed E-state index contributed by atoms with van der Waals surface area (Å²) in [5.41, 5.74) is 0.734. The third kappa shape index (κ3) is 4.34. The Morgan fingerprint density at radius 3 is 2.35 bits per heavy atom. The van der Waals surface area contributed by atoms with E-state index in [2.05, 4.69) is 0 Å². The van der Waals surface area contributed by atoms with Crippen LogP contribution < -0.4 is 5.32 Å². The molecule has 1 atom stereocenters. The first-order valence-corrected chi connectivity index (χ1v) is 4.94. The minimum Gasteiger partial charge on any atom is -0.508 e. The Kier molecular flexibility index (Phi) is 3.98. The summed E-state index contributed by atoms with van der Waals surface area (Å²) in [6.45, 7) is 1.48. The van der Waals surface area contributed by atoms with Crippen molar-refractivity contribution in [1.82, 2.24) is 5.32 Å². The minimum absolute atomic E-state index is 0.0840. The molecule has 6 heteroatoms. The Bertz CT molecular complexity index is 387. The van der Waals surface area contributed by atoms with Crippen LogP contribution in [0.3, 0.4) is 0 Å². The maximum atomic E-state index is 12.0. The summed E-state index contributed by atoms with van der Waals surface area (Å²) in [5.74, 6) is -1.86. The molecule has 2 N–H and O–H groups in total. The fraction of sp³-hybridized carbons (Fsp3) is 0.364. The van der Waals surface area contributed by atoms with Crippen LogP contribution in [0, 0.1) is 0 Å². The van der Waals surface area contributed by atoms with Gasteiger partial charge in [0.25, 0.3) is 0 Å². The standard InChI is InChI=1S/C11H12F3NO2/c1-7(15-10(17)11(12,13)14)6-8-2-4-9(16)5-3-8/h2-5,7,16H,6H2,1H3,(H,15,17)/t7-/m1/s1. The van der Waals surface area contributed by atoms with Crippen molar-refractivity contribution in [2.24, 2.45) is 0 Å². The zero-order chi connectivity index (χ0) is 13.1. The van der Waals surface area contributed by atoms with Crippen molar-refractivity contribution >= 4 is 5.91 Å². The molecule has 1 rings (SSSR count). The van der Waals surface area contributed by atoms with Gasteiger partial charge >= 0.3 is 12.1 Å². The lowest BCUT2D eigenvalue weighted by Gasteiger charge is -2.15. The Balaban J connectivity index is 2.53. The minimum atomic E-state index is -4.86. The molecule has 0 saturated carbocycles. The van der Waals surface area contributed by atoms with Crippen molar-refractivity contribution in [3.8, 4) is 5.75 Å². The normalized spacial score (nSPS) is 13.2. The van der Waals surface area contributed by atoms with Gasteiger partial charge in [-0.2, -0.15) is 13.2 Å². The lowest BCUT2D eigenvalue weighted by molar-refractivity contribution is -0.174. The summed E-state index contributed by atoms with van der Waals surface area (Å²) in [5, 5.41) is 10.9. The van der Waals surface area contributed by atoms with Gasteiger partial charge in [0, 0.05) is 6.04 Å². The van der Waals surface area contributed by atoms with Gasteiger partial charge in [-0.25, -0.2) is 0 Å². The highest BCUT2D eigenvalue weighted by Crippen LogP contribution is 2.15. The highest BCUT2D eigenvalue weighted by Gasteiger charge is 2.39. The number of rotatable bonds is 3. The van der Waals surface area contributed by atoms with Crippen molar-refractivity contribution in [2.45, 2.75) is 25.6 Å². The maximum Gasteiger partial charge on any atom is 0.471 e. The van der Waals surface area contributed by atoms with Crippen LogP contribution in [0.2, 0.25) is 0 Å². The van der Waals surface area contributed by atoms with Crippen LogP contribution in [-0.4, -0.2) is 23.2 Å². The molecule has 0 bridgehead atoms. The molecule has 0 radical (unpaired) electrons. The molecule has 0 unspecified atom stereocenters. The Labute approximate surface area is 96.3 Å². The van der Waals surface area contributed by atoms with Crippen molar-refractivity contribution in [1.29, 1.82) is 0 Å². The van der Waals surface area contributed by atoms with Crippen LogP contribution in [0.5, 0.6) is 5.75 Å². The van der Waals surface area contributed by atoms with Crippen molar-refractivity contribution in [3.05, 3.63) is 29.8 Å². The largest absolute Gasteiger partial charge is 0.508 e. The molecular weight excluding hydrogens is 235 g/mol. The van der Waals surface area contributed by atoms with Gasteiger partial charge in [-0.3, -0.25) is 4.79 Å². The van der Waals surface area contributed by atoms with Crippen LogP contribution >= 0.6 is 0 Å². The first-order valence-electron chi connectivity index (χ1n) is 4.94. The molecule has 0 aliphatic rings. The Morgan fingerprint density at radius 2 is 1.88 bits per heavy atom. The number of aromatic hydroxyl groups is 1. The van der Waals surface area contributed by atoms with Crippen LogP contribution in [0.4, 0.5) is 13.2 Å². The van der Waals surface area contributed by atoms with E-state index in [1.807, 2.05) is 5.32 Å². The predicted molar refractivity (Wildman–Crippen MR) is 55.5 cm³/mol. The van der Waals surface area contributed by atoms with Crippen LogP contribution in [0.15, 0.2) is 24.3 Å². The molecule has 94 valence electrons. The van der Waals surface area contributed by atoms with Gasteiger partial charge in [-0.15, -0.1) is 0 Å². The molecule has 0 aliphatic heterocycles. The first kappa shape index (κ1) is 13.3. The number of hydrogen-bond donors (Lipinski definition) is 2. The van der Waals surface area contributed by atoms with E-state index >= 15 is 0 Å². The fourth-order valence-electron chi connectivity index (χ4n) is 1.34. The van der Waals surface area contributed by atoms with Crippen molar-refractivity contribution in [3.63, 3.8) is 0 Å². The molecule has 0 saturated heterocycles. The van der Waals surface area contributed by atoms with E-state index < -0.39 is 18.1 Å². The number of hydrogen-bond acceptors (Lipinski definition) is 2. The average Bonchev–Trinajstić information content (AvgIpc) is 2.20. The summed E-state index contributed by atoms with van der Waals surface area (Å²) in [7, 11) is 0. The zero-order valence-corrected chi connectivity index (χ0v) is 9.08. The lowest BCUT2D eigenvalue weighted by Crippen LogP contribution is -2.42. The molecule has 0 spiro atoms. The van der Waals surface area contributed by atoms with Gasteiger partial charge in [0.2, 0.25) is 0 Å². The summed E-state index contributed by atoms with van der Waals surface area (Å²) in [4.78, 5) is 10.6. The zero-order valence-electron chi connectivity index (χ0n) is 9.08. The maximum absolute atomic E-state index is 12.0. The van der Waals surface area contributed by atoms with Crippen LogP contribution in [-0.2, 0) is 11.2 Å². The first-order chi connectivity index (χ1) is 7.79. The third-order valence-electron chi connectivity index (χ3n) is 2.11. The molecular formula is C11H12F3NO2. The quantitative estimate of drug-likeness (QED) is 0.858. The number of nitrogens with one attached hydrogen (secondary N) is 1. The van der Waals surface area contributed by atoms with Gasteiger partial charge in [0.05, 0.1) is 0 Å². The monoisotopic (exact) mass is 247 g/mol. The summed E-state index contributed by atoms with van der Waals surface area (Å²) in [6.07, 6.45) is -4.59. The average molecular weight is 247 g/mol. The molecule has 0 aromatic heterocycles. The Morgan fingerprint density at radius 1 is 1.35 bits per heavy atom. The lowest BCUT2D eigenvalue weighted by atomic mass is 10.1. The number of alkyl halides is 3. The van der Waals surface area contributed by atoms with E-state index in [1.54, 1.807) is 12.1 Å². The number of benzene rings is 1. The molecule has 0 fully saturated rings. The van der Waals surface area contributed by atoms with Crippen LogP contribution in [0.1, 0.15) is 12.5 Å².